The Labute approximate surface area is 93.4 Å². The monoisotopic (exact) mass is 249 g/mol. The Morgan fingerprint density at radius 1 is 1.06 bits per heavy atom. The molecule has 1 aromatic heterocycles. The predicted octanol–water partition coefficient (Wildman–Crippen LogP) is 2.52. The van der Waals surface area contributed by atoms with Crippen molar-refractivity contribution >= 4 is 11.4 Å². The number of hydrogen-bond donors (Lipinski definition) is 1. The van der Waals surface area contributed by atoms with E-state index in [-0.39, 0.29) is 0 Å². The fourth-order valence-electron chi connectivity index (χ4n) is 1.32. The predicted molar refractivity (Wildman–Crippen MR) is 50.0 cm³/mol. The average molecular weight is 249 g/mol. The lowest BCUT2D eigenvalue weighted by Crippen LogP contribution is -2.10. The molecule has 0 aliphatic heterocycles. The molecule has 0 aromatic carbocycles. The van der Waals surface area contributed by atoms with Crippen molar-refractivity contribution in [2.24, 2.45) is 0 Å². The van der Waals surface area contributed by atoms with E-state index in [4.69, 9.17) is 5.11 Å². The van der Waals surface area contributed by atoms with Crippen molar-refractivity contribution in [1.82, 2.24) is 4.98 Å². The van der Waals surface area contributed by atoms with E-state index in [0.29, 0.717) is 0 Å². The normalized spacial score (nSPS) is 12.4. The summed E-state index contributed by atoms with van der Waals surface area (Å²) in [6.45, 7) is 1.86. The van der Waals surface area contributed by atoms with Crippen LogP contribution in [0.1, 0.15) is 19.4 Å². The molecule has 0 saturated carbocycles. The van der Waals surface area contributed by atoms with Gasteiger partial charge in [0.15, 0.2) is 17.4 Å². The maximum Gasteiger partial charge on any atom is 0.252 e. The maximum absolute atomic E-state index is 13.3. The number of aromatic nitrogens is 1. The van der Waals surface area contributed by atoms with Crippen LogP contribution in [-0.2, 0) is 4.79 Å². The van der Waals surface area contributed by atoms with Crippen LogP contribution in [0.5, 0.6) is 0 Å². The fourth-order valence-corrected chi connectivity index (χ4v) is 1.32. The summed E-state index contributed by atoms with van der Waals surface area (Å²) in [5.74, 6) is -9.13. The first kappa shape index (κ1) is 13.1. The molecule has 0 unspecified atom stereocenters. The van der Waals surface area contributed by atoms with Crippen molar-refractivity contribution in [3.63, 3.8) is 0 Å². The molecule has 1 heterocycles. The third kappa shape index (κ3) is 2.27. The van der Waals surface area contributed by atoms with E-state index in [1.165, 1.54) is 0 Å². The zero-order valence-corrected chi connectivity index (χ0v) is 8.81. The molecule has 0 fully saturated rings. The first-order valence-corrected chi connectivity index (χ1v) is 4.38. The van der Waals surface area contributed by atoms with Gasteiger partial charge >= 0.3 is 0 Å². The number of hydrogen-bond acceptors (Lipinski definition) is 3. The number of aliphatic hydroxyl groups is 1. The van der Waals surface area contributed by atoms with E-state index in [2.05, 4.69) is 4.98 Å². The van der Waals surface area contributed by atoms with Crippen LogP contribution in [0.25, 0.3) is 5.57 Å². The molecule has 1 rings (SSSR count). The highest BCUT2D eigenvalue weighted by Crippen LogP contribution is 2.26. The Kier molecular flexibility index (Phi) is 3.50. The number of halogens is 4. The largest absolute Gasteiger partial charge is 0.512 e. The molecule has 0 aliphatic rings. The molecule has 0 radical (unpaired) electrons. The molecule has 7 heteroatoms. The van der Waals surface area contributed by atoms with E-state index in [0.717, 1.165) is 13.8 Å². The molecule has 1 aromatic rings. The lowest BCUT2D eigenvalue weighted by molar-refractivity contribution is -0.111. The minimum Gasteiger partial charge on any atom is -0.512 e. The van der Waals surface area contributed by atoms with Gasteiger partial charge in [0.25, 0.3) is 11.9 Å². The number of Topliss-reactive ketones (excluding diaryl/α,β-unsaturated/α-hetero) is 1. The number of ketones is 1. The van der Waals surface area contributed by atoms with Gasteiger partial charge in [0.05, 0.1) is 11.1 Å². The van der Waals surface area contributed by atoms with Gasteiger partial charge in [0.1, 0.15) is 5.76 Å². The number of carbonyl (C=O) groups excluding carboxylic acids is 1. The number of allylic oxidation sites excluding steroid dienone is 2. The van der Waals surface area contributed by atoms with Gasteiger partial charge in [0, 0.05) is 0 Å². The van der Waals surface area contributed by atoms with Gasteiger partial charge in [0.2, 0.25) is 0 Å². The van der Waals surface area contributed by atoms with Gasteiger partial charge < -0.3 is 5.11 Å². The van der Waals surface area contributed by atoms with Crippen LogP contribution >= 0.6 is 0 Å². The summed E-state index contributed by atoms with van der Waals surface area (Å²) >= 11 is 0. The van der Waals surface area contributed by atoms with Gasteiger partial charge in [-0.05, 0) is 13.8 Å². The topological polar surface area (TPSA) is 50.2 Å². The number of rotatable bonds is 2. The minimum atomic E-state index is -1.89. The molecule has 0 spiro atoms. The van der Waals surface area contributed by atoms with Crippen LogP contribution in [0.2, 0.25) is 0 Å². The SMILES string of the molecule is CC(=O)/C(=C(/C)O)c1c(F)c(F)nc(F)c1F. The summed E-state index contributed by atoms with van der Waals surface area (Å²) in [4.78, 5) is 13.4. The number of nitrogens with zero attached hydrogens (tertiary/aromatic N) is 1. The van der Waals surface area contributed by atoms with Crippen LogP contribution in [-0.4, -0.2) is 15.9 Å². The second kappa shape index (κ2) is 4.52. The van der Waals surface area contributed by atoms with Crippen LogP contribution in [0, 0.1) is 23.5 Å². The summed E-state index contributed by atoms with van der Waals surface area (Å²) in [6.07, 6.45) is 0. The summed E-state index contributed by atoms with van der Waals surface area (Å²) in [7, 11) is 0. The molecule has 92 valence electrons. The lowest BCUT2D eigenvalue weighted by Gasteiger charge is -2.08. The summed E-state index contributed by atoms with van der Waals surface area (Å²) in [6, 6.07) is 0. The first-order chi connectivity index (χ1) is 7.77. The highest BCUT2D eigenvalue weighted by molar-refractivity contribution is 6.20. The summed E-state index contributed by atoms with van der Waals surface area (Å²) < 4.78 is 52.1. The van der Waals surface area contributed by atoms with Crippen molar-refractivity contribution in [2.45, 2.75) is 13.8 Å². The molecule has 3 nitrogen and oxygen atoms in total. The molecule has 0 saturated heterocycles. The van der Waals surface area contributed by atoms with E-state index in [1.54, 1.807) is 0 Å². The molecule has 1 N–H and O–H groups in total. The number of carbonyl (C=O) groups is 1. The standard InChI is InChI=1S/C10H7F4NO2/c1-3(16)5(4(2)17)6-7(11)9(13)15-10(14)8(6)12/h16H,1-2H3/b5-3+. The summed E-state index contributed by atoms with van der Waals surface area (Å²) in [5, 5.41) is 9.13. The molecule has 0 atom stereocenters. The molecule has 17 heavy (non-hydrogen) atoms. The third-order valence-corrected chi connectivity index (χ3v) is 1.96. The minimum absolute atomic E-state index is 0.750. The first-order valence-electron chi connectivity index (χ1n) is 4.38. The maximum atomic E-state index is 13.3. The Hall–Kier alpha value is -1.92. The van der Waals surface area contributed by atoms with E-state index >= 15 is 0 Å². The zero-order chi connectivity index (χ0) is 13.3. The van der Waals surface area contributed by atoms with E-state index in [1.807, 2.05) is 0 Å². The highest BCUT2D eigenvalue weighted by Gasteiger charge is 2.27. The second-order valence-corrected chi connectivity index (χ2v) is 3.21. The van der Waals surface area contributed by atoms with Crippen molar-refractivity contribution in [3.05, 3.63) is 34.9 Å². The van der Waals surface area contributed by atoms with Gasteiger partial charge in [-0.15, -0.1) is 0 Å². The third-order valence-electron chi connectivity index (χ3n) is 1.96. The van der Waals surface area contributed by atoms with Crippen molar-refractivity contribution in [3.8, 4) is 0 Å². The second-order valence-electron chi connectivity index (χ2n) is 3.21. The van der Waals surface area contributed by atoms with Crippen LogP contribution in [0.15, 0.2) is 5.76 Å². The molecular weight excluding hydrogens is 242 g/mol. The zero-order valence-electron chi connectivity index (χ0n) is 8.81. The highest BCUT2D eigenvalue weighted by atomic mass is 19.2. The van der Waals surface area contributed by atoms with Crippen LogP contribution in [0.3, 0.4) is 0 Å². The Balaban J connectivity index is 3.72. The van der Waals surface area contributed by atoms with Gasteiger partial charge in [-0.1, -0.05) is 0 Å². The molecule has 0 aliphatic carbocycles. The van der Waals surface area contributed by atoms with Crippen molar-refractivity contribution < 1.29 is 27.5 Å². The summed E-state index contributed by atoms with van der Waals surface area (Å²) in [5.41, 5.74) is -2.09. The Morgan fingerprint density at radius 3 is 1.76 bits per heavy atom. The average Bonchev–Trinajstić information content (AvgIpc) is 2.20. The van der Waals surface area contributed by atoms with Gasteiger partial charge in [-0.3, -0.25) is 4.79 Å². The fraction of sp³-hybridized carbons (Fsp3) is 0.200. The van der Waals surface area contributed by atoms with E-state index in [9.17, 15) is 22.4 Å². The number of aliphatic hydroxyl groups excluding tert-OH is 1. The van der Waals surface area contributed by atoms with Gasteiger partial charge in [-0.2, -0.15) is 13.8 Å². The lowest BCUT2D eigenvalue weighted by atomic mass is 10.0. The number of pyridine rings is 1. The molecule has 0 amide bonds. The molecular formula is C10H7F4NO2. The Bertz CT molecular complexity index is 495. The Morgan fingerprint density at radius 2 is 1.47 bits per heavy atom. The van der Waals surface area contributed by atoms with E-state index < -0.39 is 46.2 Å². The quantitative estimate of drug-likeness (QED) is 0.379. The van der Waals surface area contributed by atoms with Crippen molar-refractivity contribution in [2.75, 3.05) is 0 Å². The van der Waals surface area contributed by atoms with Crippen LogP contribution in [0.4, 0.5) is 17.6 Å². The van der Waals surface area contributed by atoms with Gasteiger partial charge in [-0.25, -0.2) is 8.78 Å². The molecule has 0 bridgehead atoms. The smallest absolute Gasteiger partial charge is 0.252 e. The van der Waals surface area contributed by atoms with Crippen molar-refractivity contribution in [1.29, 1.82) is 0 Å². The van der Waals surface area contributed by atoms with Crippen LogP contribution < -0.4 is 0 Å².